The number of benzene rings is 2. The molecule has 116 valence electrons. The monoisotopic (exact) mass is 313 g/mol. The normalized spacial score (nSPS) is 17.4. The molecule has 5 rings (SSSR count). The van der Waals surface area contributed by atoms with Crippen LogP contribution >= 0.6 is 0 Å². The maximum absolute atomic E-state index is 13.0. The average molecular weight is 313 g/mol. The van der Waals surface area contributed by atoms with Gasteiger partial charge >= 0.3 is 0 Å². The molecule has 0 spiro atoms. The number of H-pyrrole nitrogens is 2. The van der Waals surface area contributed by atoms with Crippen molar-refractivity contribution in [3.63, 3.8) is 0 Å². The molecule has 2 N–H and O–H groups in total. The minimum absolute atomic E-state index is 0.0736. The first-order valence-electron chi connectivity index (χ1n) is 7.96. The quantitative estimate of drug-likeness (QED) is 0.570. The SMILES string of the molecule is O=C1C(c2c[nH]c3ccccc23)C=CN1c1c[nH]c2ccccc12. The van der Waals surface area contributed by atoms with Gasteiger partial charge in [-0.05, 0) is 17.7 Å². The molecule has 4 nitrogen and oxygen atoms in total. The van der Waals surface area contributed by atoms with Crippen molar-refractivity contribution in [3.05, 3.63) is 78.8 Å². The van der Waals surface area contributed by atoms with Gasteiger partial charge in [0.1, 0.15) is 0 Å². The van der Waals surface area contributed by atoms with E-state index < -0.39 is 0 Å². The van der Waals surface area contributed by atoms with E-state index in [0.717, 1.165) is 33.1 Å². The summed E-state index contributed by atoms with van der Waals surface area (Å²) in [6.07, 6.45) is 7.69. The van der Waals surface area contributed by atoms with E-state index in [1.54, 1.807) is 4.90 Å². The fourth-order valence-electron chi connectivity index (χ4n) is 3.52. The van der Waals surface area contributed by atoms with Crippen LogP contribution in [-0.4, -0.2) is 15.9 Å². The predicted octanol–water partition coefficient (Wildman–Crippen LogP) is 4.29. The fraction of sp³-hybridized carbons (Fsp3) is 0.0500. The third-order valence-corrected chi connectivity index (χ3v) is 4.71. The van der Waals surface area contributed by atoms with Crippen LogP contribution in [0.15, 0.2) is 73.2 Å². The number of hydrogen-bond donors (Lipinski definition) is 2. The van der Waals surface area contributed by atoms with E-state index in [2.05, 4.69) is 16.0 Å². The molecule has 1 aliphatic heterocycles. The highest BCUT2D eigenvalue weighted by Gasteiger charge is 2.31. The second kappa shape index (κ2) is 4.86. The smallest absolute Gasteiger partial charge is 0.242 e. The molecule has 0 fully saturated rings. The molecule has 3 heterocycles. The summed E-state index contributed by atoms with van der Waals surface area (Å²) in [4.78, 5) is 21.3. The summed E-state index contributed by atoms with van der Waals surface area (Å²) in [5, 5.41) is 2.15. The Morgan fingerprint density at radius 3 is 2.33 bits per heavy atom. The molecule has 4 heteroatoms. The molecule has 0 saturated carbocycles. The van der Waals surface area contributed by atoms with Crippen LogP contribution in [0.4, 0.5) is 5.69 Å². The molecule has 1 atom stereocenters. The van der Waals surface area contributed by atoms with Crippen molar-refractivity contribution in [3.8, 4) is 0 Å². The van der Waals surface area contributed by atoms with Gasteiger partial charge in [-0.3, -0.25) is 9.69 Å². The van der Waals surface area contributed by atoms with Crippen LogP contribution in [0, 0.1) is 0 Å². The Balaban J connectivity index is 1.57. The van der Waals surface area contributed by atoms with Gasteiger partial charge in [0, 0.05) is 40.4 Å². The number of nitrogens with zero attached hydrogens (tertiary/aromatic N) is 1. The molecule has 0 bridgehead atoms. The maximum Gasteiger partial charge on any atom is 0.242 e. The minimum atomic E-state index is -0.255. The third-order valence-electron chi connectivity index (χ3n) is 4.71. The Hall–Kier alpha value is -3.27. The summed E-state index contributed by atoms with van der Waals surface area (Å²) in [7, 11) is 0. The molecule has 1 aliphatic rings. The lowest BCUT2D eigenvalue weighted by atomic mass is 9.99. The Kier molecular flexibility index (Phi) is 2.67. The first kappa shape index (κ1) is 13.2. The van der Waals surface area contributed by atoms with Crippen molar-refractivity contribution >= 4 is 33.4 Å². The van der Waals surface area contributed by atoms with Gasteiger partial charge in [-0.1, -0.05) is 42.5 Å². The van der Waals surface area contributed by atoms with Crippen molar-refractivity contribution in [2.45, 2.75) is 5.92 Å². The van der Waals surface area contributed by atoms with E-state index >= 15 is 0 Å². The Labute approximate surface area is 138 Å². The van der Waals surface area contributed by atoms with Gasteiger partial charge in [0.2, 0.25) is 5.91 Å². The van der Waals surface area contributed by atoms with Crippen molar-refractivity contribution in [2.24, 2.45) is 0 Å². The van der Waals surface area contributed by atoms with E-state index in [1.807, 2.05) is 67.1 Å². The topological polar surface area (TPSA) is 51.9 Å². The van der Waals surface area contributed by atoms with E-state index in [1.165, 1.54) is 0 Å². The number of fused-ring (bicyclic) bond motifs is 2. The van der Waals surface area contributed by atoms with Gasteiger partial charge in [0.05, 0.1) is 11.6 Å². The van der Waals surface area contributed by atoms with Gasteiger partial charge in [-0.15, -0.1) is 0 Å². The minimum Gasteiger partial charge on any atom is -0.361 e. The van der Waals surface area contributed by atoms with Crippen LogP contribution < -0.4 is 4.90 Å². The van der Waals surface area contributed by atoms with Crippen molar-refractivity contribution in [1.82, 2.24) is 9.97 Å². The number of hydrogen-bond acceptors (Lipinski definition) is 1. The van der Waals surface area contributed by atoms with Gasteiger partial charge < -0.3 is 9.97 Å². The summed E-state index contributed by atoms with van der Waals surface area (Å²) in [5.41, 5.74) is 4.01. The van der Waals surface area contributed by atoms with Crippen LogP contribution in [0.1, 0.15) is 11.5 Å². The molecule has 24 heavy (non-hydrogen) atoms. The fourth-order valence-corrected chi connectivity index (χ4v) is 3.52. The van der Waals surface area contributed by atoms with Crippen molar-refractivity contribution < 1.29 is 4.79 Å². The molecular formula is C20H15N3O. The first-order chi connectivity index (χ1) is 11.8. The molecule has 2 aromatic heterocycles. The van der Waals surface area contributed by atoms with Crippen molar-refractivity contribution in [2.75, 3.05) is 4.90 Å². The molecule has 4 aromatic rings. The Morgan fingerprint density at radius 1 is 0.833 bits per heavy atom. The van der Waals surface area contributed by atoms with E-state index in [4.69, 9.17) is 0 Å². The summed E-state index contributed by atoms with van der Waals surface area (Å²) >= 11 is 0. The largest absolute Gasteiger partial charge is 0.361 e. The molecule has 0 saturated heterocycles. The summed E-state index contributed by atoms with van der Waals surface area (Å²) < 4.78 is 0. The molecule has 1 amide bonds. The zero-order valence-corrected chi connectivity index (χ0v) is 12.9. The van der Waals surface area contributed by atoms with Gasteiger partial charge in [-0.25, -0.2) is 0 Å². The number of nitrogens with one attached hydrogen (secondary N) is 2. The van der Waals surface area contributed by atoms with Crippen LogP contribution in [0.5, 0.6) is 0 Å². The van der Waals surface area contributed by atoms with Gasteiger partial charge in [0.25, 0.3) is 0 Å². The molecule has 0 aliphatic carbocycles. The van der Waals surface area contributed by atoms with Gasteiger partial charge in [-0.2, -0.15) is 0 Å². The number of amides is 1. The third kappa shape index (κ3) is 1.77. The van der Waals surface area contributed by atoms with E-state index in [-0.39, 0.29) is 11.8 Å². The van der Waals surface area contributed by atoms with Crippen LogP contribution in [-0.2, 0) is 4.79 Å². The number of carbonyl (C=O) groups excluding carboxylic acids is 1. The van der Waals surface area contributed by atoms with E-state index in [0.29, 0.717) is 0 Å². The first-order valence-corrected chi connectivity index (χ1v) is 7.96. The Morgan fingerprint density at radius 2 is 1.50 bits per heavy atom. The molecule has 2 aromatic carbocycles. The number of para-hydroxylation sites is 2. The van der Waals surface area contributed by atoms with Gasteiger partial charge in [0.15, 0.2) is 0 Å². The Bertz CT molecular complexity index is 1020. The summed E-state index contributed by atoms with van der Waals surface area (Å²) in [6.45, 7) is 0. The highest BCUT2D eigenvalue weighted by atomic mass is 16.2. The molecule has 1 unspecified atom stereocenters. The highest BCUT2D eigenvalue weighted by Crippen LogP contribution is 2.36. The standard InChI is InChI=1S/C20H15N3O/c24-20-14(16-11-21-17-7-3-1-5-13(16)17)9-10-23(20)19-12-22-18-8-4-2-6-15(18)19/h1-12,14,21-22H. The number of aromatic amines is 2. The summed E-state index contributed by atoms with van der Waals surface area (Å²) in [6, 6.07) is 16.1. The number of rotatable bonds is 2. The number of aromatic nitrogens is 2. The average Bonchev–Trinajstić information content (AvgIpc) is 3.31. The number of anilines is 1. The van der Waals surface area contributed by atoms with Crippen molar-refractivity contribution in [1.29, 1.82) is 0 Å². The lowest BCUT2D eigenvalue weighted by molar-refractivity contribution is -0.117. The second-order valence-corrected chi connectivity index (χ2v) is 6.04. The number of carbonyl (C=O) groups is 1. The van der Waals surface area contributed by atoms with Crippen LogP contribution in [0.25, 0.3) is 21.8 Å². The zero-order valence-electron chi connectivity index (χ0n) is 12.9. The maximum atomic E-state index is 13.0. The van der Waals surface area contributed by atoms with Crippen LogP contribution in [0.3, 0.4) is 0 Å². The second-order valence-electron chi connectivity index (χ2n) is 6.04. The predicted molar refractivity (Wildman–Crippen MR) is 96.0 cm³/mol. The lowest BCUT2D eigenvalue weighted by Gasteiger charge is -2.15. The lowest BCUT2D eigenvalue weighted by Crippen LogP contribution is -2.24. The zero-order chi connectivity index (χ0) is 16.1. The van der Waals surface area contributed by atoms with Crippen LogP contribution in [0.2, 0.25) is 0 Å². The van der Waals surface area contributed by atoms with E-state index in [9.17, 15) is 4.79 Å². The highest BCUT2D eigenvalue weighted by molar-refractivity contribution is 6.10. The molecular weight excluding hydrogens is 298 g/mol. The summed E-state index contributed by atoms with van der Waals surface area (Å²) in [5.74, 6) is -0.181. The molecule has 0 radical (unpaired) electrons.